The summed E-state index contributed by atoms with van der Waals surface area (Å²) in [4.78, 5) is 0. The number of rotatable bonds is 9. The molecule has 28 heavy (non-hydrogen) atoms. The minimum Gasteiger partial charge on any atom is 0 e. The van der Waals surface area contributed by atoms with Crippen molar-refractivity contribution in [1.82, 2.24) is 0 Å². The largest absolute Gasteiger partial charge is 0 e. The third-order valence-corrected chi connectivity index (χ3v) is 4.50. The first kappa shape index (κ1) is 46.8. The smallest absolute Gasteiger partial charge is 0 e. The van der Waals surface area contributed by atoms with Gasteiger partial charge in [-0.25, -0.2) is 0 Å². The molecule has 0 radical (unpaired) electrons. The van der Waals surface area contributed by atoms with Crippen molar-refractivity contribution in [2.75, 3.05) is 64.0 Å². The van der Waals surface area contributed by atoms with Crippen LogP contribution in [-0.2, 0) is 72.0 Å². The maximum atomic E-state index is 7.50. The van der Waals surface area contributed by atoms with E-state index in [0.29, 0.717) is 0 Å². The van der Waals surface area contributed by atoms with Crippen molar-refractivity contribution in [3.8, 4) is 0 Å². The molecule has 0 spiro atoms. The first-order valence-corrected chi connectivity index (χ1v) is 9.80. The molecule has 0 rings (SSSR count). The molecule has 0 saturated carbocycles. The summed E-state index contributed by atoms with van der Waals surface area (Å²) >= 11 is 0. The summed E-state index contributed by atoms with van der Waals surface area (Å²) in [5.74, 6) is 0. The van der Waals surface area contributed by atoms with Crippen molar-refractivity contribution in [3.63, 3.8) is 0 Å². The molecule has 0 aromatic rings. The molecule has 0 bridgehead atoms. The van der Waals surface area contributed by atoms with Gasteiger partial charge in [0, 0.05) is 17.4 Å². The van der Waals surface area contributed by atoms with Crippen LogP contribution < -0.4 is 0 Å². The van der Waals surface area contributed by atoms with Gasteiger partial charge in [0.15, 0.2) is 0 Å². The Hall–Kier alpha value is 0.682. The van der Waals surface area contributed by atoms with Crippen LogP contribution in [0.2, 0.25) is 0 Å². The molecule has 0 N–H and O–H groups in total. The second kappa shape index (κ2) is 56.5. The van der Waals surface area contributed by atoms with Crippen molar-refractivity contribution in [1.29, 1.82) is 0 Å². The molecule has 0 aliphatic heterocycles. The van der Waals surface area contributed by atoms with Crippen LogP contribution in [0.5, 0.6) is 0 Å². The van der Waals surface area contributed by atoms with Crippen LogP contribution in [-0.4, -0.2) is 64.0 Å². The Morgan fingerprint density at radius 2 is 0.429 bits per heavy atom. The summed E-state index contributed by atoms with van der Waals surface area (Å²) in [6.45, 7) is 13.5. The predicted octanol–water partition coefficient (Wildman–Crippen LogP) is 2.54. The Morgan fingerprint density at radius 1 is 0.357 bits per heavy atom. The van der Waals surface area contributed by atoms with Crippen molar-refractivity contribution in [3.05, 3.63) is 20.0 Å². The maximum absolute atomic E-state index is 7.50. The molecule has 0 aromatic carbocycles. The summed E-state index contributed by atoms with van der Waals surface area (Å²) in [6, 6.07) is 0. The fourth-order valence-corrected chi connectivity index (χ4v) is 2.25. The second-order valence-corrected chi connectivity index (χ2v) is 7.76. The van der Waals surface area contributed by atoms with Gasteiger partial charge in [-0.1, -0.05) is 0 Å². The van der Waals surface area contributed by atoms with Gasteiger partial charge >= 0.3 is 59.7 Å². The topological polar surface area (TPSA) is 143 Å². The molecule has 0 fully saturated rings. The number of hydrogen-bond donors (Lipinski definition) is 0. The molecule has 0 atom stereocenters. The van der Waals surface area contributed by atoms with E-state index in [1.54, 1.807) is 64.0 Å². The van der Waals surface area contributed by atoms with Crippen molar-refractivity contribution < 1.29 is 72.0 Å². The Kier molecular flexibility index (Phi) is 94.3. The van der Waals surface area contributed by atoms with Gasteiger partial charge in [0.25, 0.3) is 0 Å². The molecule has 168 valence electrons. The molecule has 0 heterocycles. The zero-order valence-corrected chi connectivity index (χ0v) is 21.6. The minimum atomic E-state index is -1.36. The van der Waals surface area contributed by atoms with Gasteiger partial charge in [-0.05, 0) is 0 Å². The fourth-order valence-electron chi connectivity index (χ4n) is 0.750. The fraction of sp³-hybridized carbons (Fsp3) is 0.750. The van der Waals surface area contributed by atoms with Crippen LogP contribution in [0.25, 0.3) is 0 Å². The van der Waals surface area contributed by atoms with E-state index in [0.717, 1.165) is 0 Å². The van der Waals surface area contributed by atoms with E-state index in [1.165, 1.54) is 0 Å². The van der Waals surface area contributed by atoms with E-state index in [1.807, 2.05) is 0 Å². The average Bonchev–Trinajstić information content (AvgIpc) is 2.77. The van der Waals surface area contributed by atoms with Gasteiger partial charge in [-0.3, -0.25) is 0 Å². The van der Waals surface area contributed by atoms with E-state index < -0.39 is 25.8 Å². The standard InChI is InChI=1S/3C3H10O3P.3CO.Cr/c3*1-4-7(5-2)6-3;3*1-2;/h3*7H,1-3H3;;;;/q3*+1;;;;. The molecule has 0 aliphatic rings. The van der Waals surface area contributed by atoms with Crippen LogP contribution in [0.3, 0.4) is 0 Å². The molecule has 0 aliphatic carbocycles. The van der Waals surface area contributed by atoms with Crippen LogP contribution in [0.1, 0.15) is 0 Å². The first-order chi connectivity index (χ1) is 13.0. The van der Waals surface area contributed by atoms with E-state index in [4.69, 9.17) is 54.7 Å². The zero-order valence-electron chi connectivity index (χ0n) is 17.3. The Labute approximate surface area is 182 Å². The van der Waals surface area contributed by atoms with Gasteiger partial charge in [-0.15, -0.1) is 0 Å². The number of hydrogen-bond acceptors (Lipinski definition) is 9. The van der Waals surface area contributed by atoms with E-state index in [9.17, 15) is 0 Å². The quantitative estimate of drug-likeness (QED) is 0.259. The molecular weight excluding hydrogens is 481 g/mol. The van der Waals surface area contributed by atoms with Crippen LogP contribution in [0, 0.1) is 20.0 Å². The summed E-state index contributed by atoms with van der Waals surface area (Å²) < 4.78 is 64.9. The third kappa shape index (κ3) is 50.4. The van der Waals surface area contributed by atoms with Crippen LogP contribution in [0.4, 0.5) is 0 Å². The third-order valence-electron chi connectivity index (χ3n) is 1.50. The van der Waals surface area contributed by atoms with Crippen LogP contribution in [0.15, 0.2) is 0 Å². The molecular formula is C12H30CrO12P3+3. The predicted molar refractivity (Wildman–Crippen MR) is 99.8 cm³/mol. The Bertz CT molecular complexity index is 215. The van der Waals surface area contributed by atoms with Gasteiger partial charge in [0.1, 0.15) is 0 Å². The van der Waals surface area contributed by atoms with Crippen molar-refractivity contribution in [2.45, 2.75) is 0 Å². The maximum Gasteiger partial charge on any atom is 0 e. The molecule has 16 heteroatoms. The zero-order chi connectivity index (χ0) is 23.1. The van der Waals surface area contributed by atoms with E-state index >= 15 is 0 Å². The Morgan fingerprint density at radius 3 is 0.429 bits per heavy atom. The van der Waals surface area contributed by atoms with Gasteiger partial charge in [0.05, 0.1) is 64.0 Å². The summed E-state index contributed by atoms with van der Waals surface area (Å²) in [7, 11) is 9.92. The van der Waals surface area contributed by atoms with Gasteiger partial charge < -0.3 is 0 Å². The average molecular weight is 511 g/mol. The van der Waals surface area contributed by atoms with Gasteiger partial charge in [0.2, 0.25) is 0 Å². The molecule has 0 amide bonds. The first-order valence-electron chi connectivity index (χ1n) is 6.12. The monoisotopic (exact) mass is 511 g/mol. The van der Waals surface area contributed by atoms with E-state index in [2.05, 4.69) is 20.0 Å². The summed E-state index contributed by atoms with van der Waals surface area (Å²) in [5, 5.41) is 0. The summed E-state index contributed by atoms with van der Waals surface area (Å²) in [6.07, 6.45) is 0. The Balaban J connectivity index is -0.0000000408. The van der Waals surface area contributed by atoms with Crippen LogP contribution >= 0.6 is 25.8 Å². The molecule has 0 saturated heterocycles. The SMILES string of the molecule is CO[PH+](OC)OC.CO[PH+](OC)OC.CO[PH+](OC)OC.[C-]#[O+].[C-]#[O+].[C-]#[O+].[Cr]. The second-order valence-electron chi connectivity index (χ2n) is 2.59. The van der Waals surface area contributed by atoms with Crippen molar-refractivity contribution >= 4 is 25.8 Å². The normalized spacial score (nSPS) is 7.93. The van der Waals surface area contributed by atoms with Gasteiger partial charge in [-0.2, -0.15) is 40.7 Å². The van der Waals surface area contributed by atoms with E-state index in [-0.39, 0.29) is 17.4 Å². The van der Waals surface area contributed by atoms with Crippen molar-refractivity contribution in [2.24, 2.45) is 0 Å². The molecule has 12 nitrogen and oxygen atoms in total. The molecule has 0 unspecified atom stereocenters. The summed E-state index contributed by atoms with van der Waals surface area (Å²) in [5.41, 5.74) is 0. The molecule has 0 aromatic heterocycles. The minimum absolute atomic E-state index is 0.